The van der Waals surface area contributed by atoms with Crippen LogP contribution in [0.25, 0.3) is 0 Å². The monoisotopic (exact) mass is 348 g/mol. The Balaban J connectivity index is 1.47. The Kier molecular flexibility index (Phi) is 4.63. The highest BCUT2D eigenvalue weighted by molar-refractivity contribution is 5.77. The van der Waals surface area contributed by atoms with Crippen molar-refractivity contribution in [1.82, 2.24) is 9.88 Å². The summed E-state index contributed by atoms with van der Waals surface area (Å²) < 4.78 is 25.6. The van der Waals surface area contributed by atoms with Crippen LogP contribution in [-0.2, 0) is 9.53 Å². The molecule has 0 N–H and O–H groups in total. The van der Waals surface area contributed by atoms with Gasteiger partial charge in [-0.3, -0.25) is 4.79 Å². The van der Waals surface area contributed by atoms with Crippen LogP contribution in [0, 0.1) is 17.2 Å². The summed E-state index contributed by atoms with van der Waals surface area (Å²) in [5.41, 5.74) is -0.264. The number of likely N-dealkylation sites (tertiary alicyclic amines) is 1. The number of piperidine rings is 1. The molecule has 6 heteroatoms. The van der Waals surface area contributed by atoms with Gasteiger partial charge in [-0.15, -0.1) is 0 Å². The number of halogens is 1. The molecule has 3 aliphatic rings. The van der Waals surface area contributed by atoms with Crippen molar-refractivity contribution in [1.29, 1.82) is 0 Å². The molecule has 25 heavy (non-hydrogen) atoms. The lowest BCUT2D eigenvalue weighted by Crippen LogP contribution is -2.58. The molecule has 0 unspecified atom stereocenters. The number of fused-ring (bicyclic) bond motifs is 1. The largest absolute Gasteiger partial charge is 0.475 e. The third kappa shape index (κ3) is 3.64. The van der Waals surface area contributed by atoms with Crippen molar-refractivity contribution in [2.75, 3.05) is 26.3 Å². The van der Waals surface area contributed by atoms with Crippen LogP contribution in [0.2, 0.25) is 0 Å². The Bertz CT molecular complexity index is 637. The van der Waals surface area contributed by atoms with Crippen molar-refractivity contribution in [2.24, 2.45) is 11.3 Å². The smallest absolute Gasteiger partial charge is 0.250 e. The molecule has 1 aliphatic carbocycles. The van der Waals surface area contributed by atoms with Crippen molar-refractivity contribution in [3.05, 3.63) is 24.1 Å². The van der Waals surface area contributed by atoms with Gasteiger partial charge in [0.25, 0.3) is 0 Å². The van der Waals surface area contributed by atoms with E-state index in [2.05, 4.69) is 4.98 Å². The highest BCUT2D eigenvalue weighted by Gasteiger charge is 2.48. The number of amides is 1. The fraction of sp³-hybridized carbons (Fsp3) is 0.684. The lowest BCUT2D eigenvalue weighted by Gasteiger charge is -2.50. The highest BCUT2D eigenvalue weighted by atomic mass is 19.1. The molecule has 0 radical (unpaired) electrons. The molecule has 0 bridgehead atoms. The minimum absolute atomic E-state index is 0.0302. The molecule has 3 heterocycles. The number of ether oxygens (including phenoxy) is 2. The van der Waals surface area contributed by atoms with Gasteiger partial charge in [0, 0.05) is 37.7 Å². The van der Waals surface area contributed by atoms with E-state index in [1.165, 1.54) is 25.1 Å². The predicted octanol–water partition coefficient (Wildman–Crippen LogP) is 2.80. The molecule has 1 aromatic rings. The number of hydrogen-bond donors (Lipinski definition) is 0. The zero-order chi connectivity index (χ0) is 17.3. The Morgan fingerprint density at radius 3 is 3.12 bits per heavy atom. The predicted molar refractivity (Wildman–Crippen MR) is 89.6 cm³/mol. The van der Waals surface area contributed by atoms with E-state index < -0.39 is 5.82 Å². The van der Waals surface area contributed by atoms with Gasteiger partial charge in [-0.1, -0.05) is 0 Å². The molecule has 0 spiro atoms. The van der Waals surface area contributed by atoms with E-state index in [1.807, 2.05) is 4.90 Å². The van der Waals surface area contributed by atoms with Crippen LogP contribution in [0.3, 0.4) is 0 Å². The number of carbonyl (C=O) groups excluding carboxylic acids is 1. The number of hydrogen-bond acceptors (Lipinski definition) is 4. The minimum Gasteiger partial charge on any atom is -0.475 e. The lowest BCUT2D eigenvalue weighted by atomic mass is 9.73. The number of pyridine rings is 1. The zero-order valence-electron chi connectivity index (χ0n) is 14.5. The average molecular weight is 348 g/mol. The molecular weight excluding hydrogens is 323 g/mol. The Morgan fingerprint density at radius 2 is 2.32 bits per heavy atom. The van der Waals surface area contributed by atoms with Gasteiger partial charge >= 0.3 is 0 Å². The number of nitrogens with zero attached hydrogens (tertiary/aromatic N) is 2. The summed E-state index contributed by atoms with van der Waals surface area (Å²) in [6, 6.07) is 2.90. The van der Waals surface area contributed by atoms with Gasteiger partial charge < -0.3 is 14.4 Å². The van der Waals surface area contributed by atoms with Crippen molar-refractivity contribution >= 4 is 5.91 Å². The summed E-state index contributed by atoms with van der Waals surface area (Å²) in [7, 11) is 0. The maximum Gasteiger partial charge on any atom is 0.250 e. The van der Waals surface area contributed by atoms with Crippen molar-refractivity contribution < 1.29 is 18.7 Å². The van der Waals surface area contributed by atoms with E-state index in [-0.39, 0.29) is 23.3 Å². The van der Waals surface area contributed by atoms with Gasteiger partial charge in [-0.05, 0) is 50.2 Å². The van der Waals surface area contributed by atoms with Crippen LogP contribution in [0.5, 0.6) is 5.88 Å². The number of aromatic nitrogens is 1. The molecule has 2 saturated heterocycles. The standard InChI is InChI=1S/C19H25FN2O3/c20-15-3-1-8-21-18(15)25-13-19-7-2-10-24-16(19)6-9-22(12-19)17(23)11-14-4-5-14/h1,3,8,14,16H,2,4-7,9-13H2/t16-,19+/m1/s1. The third-order valence-corrected chi connectivity index (χ3v) is 5.72. The SMILES string of the molecule is O=C(CC1CC1)N1CC[C@H]2OCCC[C@@]2(COc2ncccc2F)C1. The maximum atomic E-state index is 13.8. The topological polar surface area (TPSA) is 51.7 Å². The van der Waals surface area contributed by atoms with Gasteiger partial charge in [0.2, 0.25) is 11.8 Å². The van der Waals surface area contributed by atoms with Gasteiger partial charge in [-0.2, -0.15) is 0 Å². The summed E-state index contributed by atoms with van der Waals surface area (Å²) in [5.74, 6) is 0.407. The van der Waals surface area contributed by atoms with Gasteiger partial charge in [0.15, 0.2) is 5.82 Å². The van der Waals surface area contributed by atoms with Crippen molar-refractivity contribution in [2.45, 2.75) is 44.6 Å². The van der Waals surface area contributed by atoms with Crippen LogP contribution in [-0.4, -0.2) is 48.2 Å². The van der Waals surface area contributed by atoms with E-state index in [9.17, 15) is 9.18 Å². The van der Waals surface area contributed by atoms with Crippen LogP contribution in [0.1, 0.15) is 38.5 Å². The third-order valence-electron chi connectivity index (χ3n) is 5.72. The summed E-state index contributed by atoms with van der Waals surface area (Å²) in [5, 5.41) is 0. The van der Waals surface area contributed by atoms with Crippen molar-refractivity contribution in [3.63, 3.8) is 0 Å². The first-order chi connectivity index (χ1) is 12.2. The number of rotatable bonds is 5. The Labute approximate surface area is 147 Å². The molecule has 4 rings (SSSR count). The summed E-state index contributed by atoms with van der Waals surface area (Å²) in [6.45, 7) is 2.47. The van der Waals surface area contributed by atoms with E-state index in [4.69, 9.17) is 9.47 Å². The summed E-state index contributed by atoms with van der Waals surface area (Å²) in [6.07, 6.45) is 7.31. The quantitative estimate of drug-likeness (QED) is 0.821. The van der Waals surface area contributed by atoms with E-state index in [0.717, 1.165) is 32.4 Å². The molecule has 2 aliphatic heterocycles. The normalized spacial score (nSPS) is 29.2. The lowest BCUT2D eigenvalue weighted by molar-refractivity contribution is -0.158. The molecule has 3 fully saturated rings. The Morgan fingerprint density at radius 1 is 1.44 bits per heavy atom. The zero-order valence-corrected chi connectivity index (χ0v) is 14.5. The van der Waals surface area contributed by atoms with Gasteiger partial charge in [0.05, 0.1) is 12.7 Å². The van der Waals surface area contributed by atoms with Gasteiger partial charge in [0.1, 0.15) is 0 Å². The maximum absolute atomic E-state index is 13.8. The first kappa shape index (κ1) is 16.8. The molecular formula is C19H25FN2O3. The average Bonchev–Trinajstić information content (AvgIpc) is 3.44. The first-order valence-electron chi connectivity index (χ1n) is 9.29. The van der Waals surface area contributed by atoms with E-state index in [0.29, 0.717) is 25.5 Å². The number of carbonyl (C=O) groups is 1. The molecule has 0 aromatic carbocycles. The fourth-order valence-electron chi connectivity index (χ4n) is 4.10. The van der Waals surface area contributed by atoms with E-state index >= 15 is 0 Å². The fourth-order valence-corrected chi connectivity index (χ4v) is 4.10. The Hall–Kier alpha value is -1.69. The van der Waals surface area contributed by atoms with Crippen LogP contribution < -0.4 is 4.74 Å². The second-order valence-corrected chi connectivity index (χ2v) is 7.66. The van der Waals surface area contributed by atoms with Crippen LogP contribution in [0.15, 0.2) is 18.3 Å². The molecule has 1 amide bonds. The summed E-state index contributed by atoms with van der Waals surface area (Å²) >= 11 is 0. The highest BCUT2D eigenvalue weighted by Crippen LogP contribution is 2.41. The second-order valence-electron chi connectivity index (χ2n) is 7.66. The molecule has 5 nitrogen and oxygen atoms in total. The van der Waals surface area contributed by atoms with Gasteiger partial charge in [-0.25, -0.2) is 9.37 Å². The second kappa shape index (κ2) is 6.90. The molecule has 2 atom stereocenters. The van der Waals surface area contributed by atoms with Crippen molar-refractivity contribution in [3.8, 4) is 5.88 Å². The van der Waals surface area contributed by atoms with Crippen LogP contribution >= 0.6 is 0 Å². The minimum atomic E-state index is -0.454. The molecule has 136 valence electrons. The van der Waals surface area contributed by atoms with Crippen LogP contribution in [0.4, 0.5) is 4.39 Å². The molecule has 1 aromatic heterocycles. The summed E-state index contributed by atoms with van der Waals surface area (Å²) in [4.78, 5) is 18.5. The first-order valence-corrected chi connectivity index (χ1v) is 9.29. The molecule has 1 saturated carbocycles. The van der Waals surface area contributed by atoms with E-state index in [1.54, 1.807) is 6.07 Å².